The molecule has 2 fully saturated rings. The van der Waals surface area contributed by atoms with E-state index in [0.29, 0.717) is 6.42 Å². The van der Waals surface area contributed by atoms with Crippen LogP contribution in [0.15, 0.2) is 23.0 Å². The lowest BCUT2D eigenvalue weighted by Gasteiger charge is -2.41. The predicted octanol–water partition coefficient (Wildman–Crippen LogP) is 5.23. The van der Waals surface area contributed by atoms with Gasteiger partial charge in [-0.3, -0.25) is 19.6 Å². The Balaban J connectivity index is 2.26. The molecule has 178 valence electrons. The van der Waals surface area contributed by atoms with Gasteiger partial charge in [-0.25, -0.2) is 4.89 Å². The highest BCUT2D eigenvalue weighted by atomic mass is 17.1. The van der Waals surface area contributed by atoms with E-state index in [1.165, 1.54) is 0 Å². The van der Waals surface area contributed by atoms with Gasteiger partial charge in [-0.2, -0.15) is 0 Å². The quantitative estimate of drug-likeness (QED) is 0.183. The van der Waals surface area contributed by atoms with Crippen molar-refractivity contribution in [1.29, 1.82) is 0 Å². The SMILES string of the molecule is CC(C)=CCC12CC3C(CC(C(C)(C)OO)C3(C)C)(C(=O)C(C(=O)CC(C)C)=C1O)C2=O. The van der Waals surface area contributed by atoms with Gasteiger partial charge in [0, 0.05) is 6.42 Å². The highest BCUT2D eigenvalue weighted by Gasteiger charge is 2.78. The largest absolute Gasteiger partial charge is 0.510 e. The Bertz CT molecular complexity index is 917. The monoisotopic (exact) mass is 446 g/mol. The molecule has 0 heterocycles. The number of aliphatic hydroxyl groups is 1. The summed E-state index contributed by atoms with van der Waals surface area (Å²) in [5.74, 6) is -2.18. The fourth-order valence-electron chi connectivity index (χ4n) is 6.88. The van der Waals surface area contributed by atoms with Crippen LogP contribution < -0.4 is 0 Å². The number of rotatable bonds is 7. The summed E-state index contributed by atoms with van der Waals surface area (Å²) < 4.78 is 0. The van der Waals surface area contributed by atoms with Crippen LogP contribution in [0.5, 0.6) is 0 Å². The average Bonchev–Trinajstić information content (AvgIpc) is 3.04. The Morgan fingerprint density at radius 3 is 2.31 bits per heavy atom. The molecule has 4 unspecified atom stereocenters. The molecule has 3 aliphatic rings. The van der Waals surface area contributed by atoms with Crippen LogP contribution in [0, 0.1) is 34.0 Å². The molecule has 0 amide bonds. The molecule has 6 nitrogen and oxygen atoms in total. The van der Waals surface area contributed by atoms with E-state index < -0.39 is 33.4 Å². The molecule has 1 spiro atoms. The number of allylic oxidation sites excluding steroid dienone is 4. The van der Waals surface area contributed by atoms with Gasteiger partial charge in [-0.15, -0.1) is 0 Å². The first-order valence-electron chi connectivity index (χ1n) is 11.6. The molecule has 0 saturated heterocycles. The Morgan fingerprint density at radius 1 is 1.22 bits per heavy atom. The number of ketones is 3. The van der Waals surface area contributed by atoms with Gasteiger partial charge < -0.3 is 5.11 Å². The minimum Gasteiger partial charge on any atom is -0.510 e. The van der Waals surface area contributed by atoms with Gasteiger partial charge in [0.15, 0.2) is 17.3 Å². The second-order valence-corrected chi connectivity index (χ2v) is 12.0. The van der Waals surface area contributed by atoms with E-state index >= 15 is 0 Å². The van der Waals surface area contributed by atoms with E-state index in [-0.39, 0.29) is 54.1 Å². The number of hydrogen-bond acceptors (Lipinski definition) is 6. The van der Waals surface area contributed by atoms with Gasteiger partial charge >= 0.3 is 0 Å². The summed E-state index contributed by atoms with van der Waals surface area (Å²) in [6.07, 6.45) is 2.81. The second kappa shape index (κ2) is 7.63. The lowest BCUT2D eigenvalue weighted by molar-refractivity contribution is -0.333. The molecular weight excluding hydrogens is 408 g/mol. The molecule has 2 N–H and O–H groups in total. The summed E-state index contributed by atoms with van der Waals surface area (Å²) >= 11 is 0. The van der Waals surface area contributed by atoms with Crippen LogP contribution >= 0.6 is 0 Å². The first kappa shape index (κ1) is 24.8. The zero-order valence-electron chi connectivity index (χ0n) is 20.7. The molecule has 3 rings (SSSR count). The molecule has 6 heteroatoms. The molecule has 0 aromatic heterocycles. The van der Waals surface area contributed by atoms with Gasteiger partial charge in [0.25, 0.3) is 0 Å². The fourth-order valence-corrected chi connectivity index (χ4v) is 6.88. The van der Waals surface area contributed by atoms with Gasteiger partial charge in [-0.1, -0.05) is 39.3 Å². The zero-order valence-corrected chi connectivity index (χ0v) is 20.7. The summed E-state index contributed by atoms with van der Waals surface area (Å²) in [4.78, 5) is 46.1. The van der Waals surface area contributed by atoms with Gasteiger partial charge in [0.2, 0.25) is 0 Å². The molecule has 0 aromatic rings. The normalized spacial score (nSPS) is 33.7. The maximum atomic E-state index is 14.1. The third kappa shape index (κ3) is 3.17. The van der Waals surface area contributed by atoms with Crippen LogP contribution in [0.25, 0.3) is 0 Å². The smallest absolute Gasteiger partial charge is 0.183 e. The number of aliphatic hydroxyl groups excluding tert-OH is 1. The Hall–Kier alpha value is -1.79. The molecular formula is C26H38O6. The molecule has 0 aromatic carbocycles. The van der Waals surface area contributed by atoms with Crippen LogP contribution in [0.3, 0.4) is 0 Å². The molecule has 0 aliphatic heterocycles. The fraction of sp³-hybridized carbons (Fsp3) is 0.731. The molecule has 4 atom stereocenters. The van der Waals surface area contributed by atoms with Crippen molar-refractivity contribution < 1.29 is 29.6 Å². The van der Waals surface area contributed by atoms with E-state index in [9.17, 15) is 24.7 Å². The molecule has 2 bridgehead atoms. The summed E-state index contributed by atoms with van der Waals surface area (Å²) in [5.41, 5.74) is -3.33. The number of hydrogen-bond donors (Lipinski definition) is 2. The second-order valence-electron chi connectivity index (χ2n) is 12.0. The first-order valence-corrected chi connectivity index (χ1v) is 11.6. The molecule has 0 radical (unpaired) electrons. The van der Waals surface area contributed by atoms with E-state index in [1.54, 1.807) is 13.8 Å². The zero-order chi connectivity index (χ0) is 24.4. The maximum Gasteiger partial charge on any atom is 0.183 e. The Morgan fingerprint density at radius 2 is 1.81 bits per heavy atom. The minimum absolute atomic E-state index is 0.0161. The summed E-state index contributed by atoms with van der Waals surface area (Å²) in [6.45, 7) is 15.1. The van der Waals surface area contributed by atoms with E-state index in [1.807, 2.05) is 47.6 Å². The van der Waals surface area contributed by atoms with Crippen LogP contribution in [-0.4, -0.2) is 33.3 Å². The van der Waals surface area contributed by atoms with Gasteiger partial charge in [-0.05, 0) is 70.1 Å². The van der Waals surface area contributed by atoms with Crippen molar-refractivity contribution in [2.45, 2.75) is 86.7 Å². The number of fused-ring (bicyclic) bond motifs is 1. The maximum absolute atomic E-state index is 14.1. The summed E-state index contributed by atoms with van der Waals surface area (Å²) in [6, 6.07) is 0. The van der Waals surface area contributed by atoms with Crippen LogP contribution in [0.2, 0.25) is 0 Å². The first-order chi connectivity index (χ1) is 14.6. The van der Waals surface area contributed by atoms with Crippen molar-refractivity contribution in [3.05, 3.63) is 23.0 Å². The van der Waals surface area contributed by atoms with Crippen molar-refractivity contribution in [3.63, 3.8) is 0 Å². The lowest BCUT2D eigenvalue weighted by atomic mass is 9.62. The predicted molar refractivity (Wildman–Crippen MR) is 121 cm³/mol. The average molecular weight is 447 g/mol. The lowest BCUT2D eigenvalue weighted by Crippen LogP contribution is -2.50. The molecule has 32 heavy (non-hydrogen) atoms. The topological polar surface area (TPSA) is 101 Å². The van der Waals surface area contributed by atoms with Gasteiger partial charge in [0.1, 0.15) is 16.9 Å². The van der Waals surface area contributed by atoms with E-state index in [0.717, 1.165) is 5.57 Å². The number of carbonyl (C=O) groups excluding carboxylic acids is 3. The van der Waals surface area contributed by atoms with Crippen molar-refractivity contribution in [2.75, 3.05) is 0 Å². The van der Waals surface area contributed by atoms with Gasteiger partial charge in [0.05, 0.1) is 10.8 Å². The van der Waals surface area contributed by atoms with Crippen molar-refractivity contribution in [2.24, 2.45) is 34.0 Å². The molecule has 3 aliphatic carbocycles. The van der Waals surface area contributed by atoms with Crippen molar-refractivity contribution in [1.82, 2.24) is 0 Å². The minimum atomic E-state index is -1.38. The summed E-state index contributed by atoms with van der Waals surface area (Å²) in [5, 5.41) is 21.0. The third-order valence-electron chi connectivity index (χ3n) is 8.44. The van der Waals surface area contributed by atoms with E-state index in [4.69, 9.17) is 4.89 Å². The summed E-state index contributed by atoms with van der Waals surface area (Å²) in [7, 11) is 0. The highest BCUT2D eigenvalue weighted by molar-refractivity contribution is 6.32. The number of carbonyl (C=O) groups is 3. The number of Topliss-reactive ketones (excluding diaryl/α,β-unsaturated/α-hetero) is 3. The van der Waals surface area contributed by atoms with Crippen LogP contribution in [0.1, 0.15) is 81.1 Å². The van der Waals surface area contributed by atoms with Crippen molar-refractivity contribution >= 4 is 17.3 Å². The Kier molecular flexibility index (Phi) is 5.92. The van der Waals surface area contributed by atoms with E-state index in [2.05, 4.69) is 0 Å². The van der Waals surface area contributed by atoms with Crippen LogP contribution in [0.4, 0.5) is 0 Å². The standard InChI is InChI=1S/C26H38O6/c1-14(2)9-10-25-12-18-23(5,6)17(24(7,8)32-31)13-26(18,22(25)30)21(29)19(20(25)28)16(27)11-15(3)4/h9,15,17-18,28,31H,10-13H2,1-8H3. The third-order valence-corrected chi connectivity index (χ3v) is 8.44. The van der Waals surface area contributed by atoms with Crippen molar-refractivity contribution in [3.8, 4) is 0 Å². The Labute approximate surface area is 191 Å². The van der Waals surface area contributed by atoms with Crippen LogP contribution in [-0.2, 0) is 19.3 Å². The highest BCUT2D eigenvalue weighted by Crippen LogP contribution is 2.73. The molecule has 2 saturated carbocycles.